The lowest BCUT2D eigenvalue weighted by Gasteiger charge is -2.24. The molecule has 16 heavy (non-hydrogen) atoms. The summed E-state index contributed by atoms with van der Waals surface area (Å²) in [6.45, 7) is 8.56. The number of aliphatic hydroxyl groups excluding tert-OH is 1. The fourth-order valence-corrected chi connectivity index (χ4v) is 1.53. The van der Waals surface area contributed by atoms with Crippen LogP contribution in [-0.4, -0.2) is 22.2 Å². The van der Waals surface area contributed by atoms with E-state index in [9.17, 15) is 5.11 Å². The molecule has 0 aliphatic rings. The van der Waals surface area contributed by atoms with Crippen molar-refractivity contribution >= 4 is 5.82 Å². The van der Waals surface area contributed by atoms with Gasteiger partial charge < -0.3 is 16.2 Å². The molecule has 0 fully saturated rings. The van der Waals surface area contributed by atoms with Crippen LogP contribution in [0.5, 0.6) is 0 Å². The summed E-state index contributed by atoms with van der Waals surface area (Å²) < 4.78 is 0. The molecule has 0 aliphatic carbocycles. The zero-order valence-corrected chi connectivity index (χ0v) is 10.4. The van der Waals surface area contributed by atoms with E-state index in [1.807, 2.05) is 13.0 Å². The molecule has 4 N–H and O–H groups in total. The number of nitrogens with two attached hydrogens (primary N) is 1. The molecule has 1 aromatic rings. The van der Waals surface area contributed by atoms with Crippen LogP contribution in [0.3, 0.4) is 0 Å². The minimum Gasteiger partial charge on any atom is -0.387 e. The SMILES string of the molecule is Cc1ccnc(N)c1C(O)CNC(C)(C)C. The molecule has 0 bridgehead atoms. The number of rotatable bonds is 3. The van der Waals surface area contributed by atoms with Crippen molar-refractivity contribution in [2.24, 2.45) is 0 Å². The Bertz CT molecular complexity index is 338. The summed E-state index contributed by atoms with van der Waals surface area (Å²) in [6.07, 6.45) is 1.03. The summed E-state index contributed by atoms with van der Waals surface area (Å²) in [5, 5.41) is 13.3. The van der Waals surface area contributed by atoms with Crippen molar-refractivity contribution in [3.63, 3.8) is 0 Å². The fourth-order valence-electron chi connectivity index (χ4n) is 1.53. The predicted octanol–water partition coefficient (Wildman–Crippen LogP) is 1.39. The lowest BCUT2D eigenvalue weighted by Crippen LogP contribution is -2.38. The van der Waals surface area contributed by atoms with Gasteiger partial charge in [0.1, 0.15) is 5.82 Å². The minimum absolute atomic E-state index is 0.0220. The first-order valence-corrected chi connectivity index (χ1v) is 5.45. The van der Waals surface area contributed by atoms with Gasteiger partial charge in [-0.15, -0.1) is 0 Å². The second-order valence-corrected chi connectivity index (χ2v) is 5.07. The van der Waals surface area contributed by atoms with E-state index in [2.05, 4.69) is 31.1 Å². The topological polar surface area (TPSA) is 71.2 Å². The maximum atomic E-state index is 10.1. The van der Waals surface area contributed by atoms with Gasteiger partial charge in [-0.25, -0.2) is 4.98 Å². The second kappa shape index (κ2) is 4.80. The summed E-state index contributed by atoms with van der Waals surface area (Å²) in [5.41, 5.74) is 7.43. The van der Waals surface area contributed by atoms with E-state index >= 15 is 0 Å². The summed E-state index contributed by atoms with van der Waals surface area (Å²) in [4.78, 5) is 4.00. The van der Waals surface area contributed by atoms with Gasteiger partial charge in [-0.2, -0.15) is 0 Å². The molecule has 0 aromatic carbocycles. The largest absolute Gasteiger partial charge is 0.387 e. The number of anilines is 1. The van der Waals surface area contributed by atoms with Crippen LogP contribution in [-0.2, 0) is 0 Å². The predicted molar refractivity (Wildman–Crippen MR) is 66.1 cm³/mol. The molecule has 90 valence electrons. The van der Waals surface area contributed by atoms with Crippen LogP contribution < -0.4 is 11.1 Å². The van der Waals surface area contributed by atoms with Crippen molar-refractivity contribution in [3.8, 4) is 0 Å². The Morgan fingerprint density at radius 2 is 2.12 bits per heavy atom. The molecule has 1 aromatic heterocycles. The van der Waals surface area contributed by atoms with Crippen LogP contribution in [0.15, 0.2) is 12.3 Å². The van der Waals surface area contributed by atoms with Gasteiger partial charge in [0, 0.05) is 23.8 Å². The van der Waals surface area contributed by atoms with Crippen LogP contribution >= 0.6 is 0 Å². The molecular weight excluding hydrogens is 202 g/mol. The molecule has 1 atom stereocenters. The van der Waals surface area contributed by atoms with Gasteiger partial charge in [-0.1, -0.05) is 0 Å². The van der Waals surface area contributed by atoms with Gasteiger partial charge in [0.2, 0.25) is 0 Å². The van der Waals surface area contributed by atoms with Crippen molar-refractivity contribution < 1.29 is 5.11 Å². The summed E-state index contributed by atoms with van der Waals surface area (Å²) in [5.74, 6) is 0.406. The number of aliphatic hydroxyl groups is 1. The molecule has 1 rings (SSSR count). The van der Waals surface area contributed by atoms with Crippen LogP contribution in [0.2, 0.25) is 0 Å². The smallest absolute Gasteiger partial charge is 0.129 e. The third-order valence-corrected chi connectivity index (χ3v) is 2.40. The Kier molecular flexibility index (Phi) is 3.88. The summed E-state index contributed by atoms with van der Waals surface area (Å²) >= 11 is 0. The lowest BCUT2D eigenvalue weighted by atomic mass is 10.0. The molecular formula is C12H21N3O. The highest BCUT2D eigenvalue weighted by molar-refractivity contribution is 5.45. The highest BCUT2D eigenvalue weighted by Gasteiger charge is 2.17. The minimum atomic E-state index is -0.618. The Balaban J connectivity index is 2.77. The highest BCUT2D eigenvalue weighted by atomic mass is 16.3. The number of hydrogen-bond donors (Lipinski definition) is 3. The number of nitrogens with zero attached hydrogens (tertiary/aromatic N) is 1. The molecule has 1 heterocycles. The molecule has 0 aliphatic heterocycles. The fraction of sp³-hybridized carbons (Fsp3) is 0.583. The molecule has 0 saturated carbocycles. The molecule has 0 spiro atoms. The zero-order valence-electron chi connectivity index (χ0n) is 10.4. The quantitative estimate of drug-likeness (QED) is 0.724. The molecule has 1 unspecified atom stereocenters. The van der Waals surface area contributed by atoms with Crippen molar-refractivity contribution in [2.45, 2.75) is 39.3 Å². The average Bonchev–Trinajstić information content (AvgIpc) is 2.13. The van der Waals surface area contributed by atoms with E-state index < -0.39 is 6.10 Å². The Morgan fingerprint density at radius 1 is 1.50 bits per heavy atom. The van der Waals surface area contributed by atoms with Crippen molar-refractivity contribution in [1.82, 2.24) is 10.3 Å². The van der Waals surface area contributed by atoms with Gasteiger partial charge >= 0.3 is 0 Å². The van der Waals surface area contributed by atoms with Gasteiger partial charge in [-0.05, 0) is 39.3 Å². The van der Waals surface area contributed by atoms with Gasteiger partial charge in [0.25, 0.3) is 0 Å². The lowest BCUT2D eigenvalue weighted by molar-refractivity contribution is 0.163. The average molecular weight is 223 g/mol. The van der Waals surface area contributed by atoms with Gasteiger partial charge in [0.15, 0.2) is 0 Å². The van der Waals surface area contributed by atoms with Crippen molar-refractivity contribution in [1.29, 1.82) is 0 Å². The van der Waals surface area contributed by atoms with Crippen LogP contribution in [0.1, 0.15) is 38.0 Å². The summed E-state index contributed by atoms with van der Waals surface area (Å²) in [6, 6.07) is 1.85. The van der Waals surface area contributed by atoms with Crippen LogP contribution in [0.25, 0.3) is 0 Å². The molecule has 0 amide bonds. The number of aryl methyl sites for hydroxylation is 1. The molecule has 4 heteroatoms. The van der Waals surface area contributed by atoms with E-state index in [-0.39, 0.29) is 5.54 Å². The van der Waals surface area contributed by atoms with E-state index in [1.54, 1.807) is 6.20 Å². The van der Waals surface area contributed by atoms with Crippen molar-refractivity contribution in [2.75, 3.05) is 12.3 Å². The van der Waals surface area contributed by atoms with Gasteiger partial charge in [-0.3, -0.25) is 0 Å². The Morgan fingerprint density at radius 3 is 2.62 bits per heavy atom. The first kappa shape index (κ1) is 12.9. The Hall–Kier alpha value is -1.13. The van der Waals surface area contributed by atoms with E-state index in [0.717, 1.165) is 11.1 Å². The first-order chi connectivity index (χ1) is 7.31. The second-order valence-electron chi connectivity index (χ2n) is 5.07. The Labute approximate surface area is 96.9 Å². The standard InChI is InChI=1S/C12H21N3O/c1-8-5-6-14-11(13)10(8)9(16)7-15-12(2,3)4/h5-6,9,15-16H,7H2,1-4H3,(H2,13,14). The number of aromatic nitrogens is 1. The maximum Gasteiger partial charge on any atom is 0.129 e. The zero-order chi connectivity index (χ0) is 12.3. The first-order valence-electron chi connectivity index (χ1n) is 5.45. The number of nitrogen functional groups attached to an aromatic ring is 1. The number of nitrogens with one attached hydrogen (secondary N) is 1. The molecule has 0 radical (unpaired) electrons. The third kappa shape index (κ3) is 3.47. The third-order valence-electron chi connectivity index (χ3n) is 2.40. The number of β-amino-alcohol motifs (C(OH)–C–C–N with tert-alkyl or cyclic N) is 1. The number of hydrogen-bond acceptors (Lipinski definition) is 4. The number of pyridine rings is 1. The molecule has 0 saturated heterocycles. The molecule has 4 nitrogen and oxygen atoms in total. The monoisotopic (exact) mass is 223 g/mol. The maximum absolute atomic E-state index is 10.1. The highest BCUT2D eigenvalue weighted by Crippen LogP contribution is 2.22. The van der Waals surface area contributed by atoms with Crippen LogP contribution in [0, 0.1) is 6.92 Å². The van der Waals surface area contributed by atoms with Gasteiger partial charge in [0.05, 0.1) is 6.10 Å². The summed E-state index contributed by atoms with van der Waals surface area (Å²) in [7, 11) is 0. The van der Waals surface area contributed by atoms with Crippen LogP contribution in [0.4, 0.5) is 5.82 Å². The van der Waals surface area contributed by atoms with Crippen molar-refractivity contribution in [3.05, 3.63) is 23.4 Å². The van der Waals surface area contributed by atoms with E-state index in [1.165, 1.54) is 0 Å². The van der Waals surface area contributed by atoms with E-state index in [0.29, 0.717) is 12.4 Å². The normalized spacial score (nSPS) is 13.8. The van der Waals surface area contributed by atoms with E-state index in [4.69, 9.17) is 5.73 Å².